The largest absolute Gasteiger partial charge is 0.362 e. The van der Waals surface area contributed by atoms with Crippen LogP contribution in [0, 0.1) is 20.8 Å². The Morgan fingerprint density at radius 3 is 2.52 bits per heavy atom. The molecule has 3 aromatic rings. The Morgan fingerprint density at radius 2 is 1.79 bits per heavy atom. The molecule has 1 aliphatic heterocycles. The average molecular weight is 443 g/mol. The van der Waals surface area contributed by atoms with Crippen LogP contribution in [0.15, 0.2) is 36.4 Å². The van der Waals surface area contributed by atoms with Crippen LogP contribution in [0.5, 0.6) is 0 Å². The highest BCUT2D eigenvalue weighted by molar-refractivity contribution is 5.93. The molecule has 2 aliphatic rings. The van der Waals surface area contributed by atoms with E-state index in [0.29, 0.717) is 11.5 Å². The Balaban J connectivity index is 1.43. The molecule has 0 bridgehead atoms. The summed E-state index contributed by atoms with van der Waals surface area (Å²) in [5, 5.41) is 15.2. The van der Waals surface area contributed by atoms with Crippen molar-refractivity contribution in [3.8, 4) is 0 Å². The van der Waals surface area contributed by atoms with Gasteiger partial charge in [0.15, 0.2) is 5.82 Å². The SMILES string of the molecule is Cc1cccc([C@@H](C)Nc2nnc(C)c3ccc(C4CCC5(CCCN5C)CC4)cc23)c1C. The van der Waals surface area contributed by atoms with Gasteiger partial charge in [-0.05, 0) is 114 Å². The molecule has 0 unspecified atom stereocenters. The van der Waals surface area contributed by atoms with E-state index in [4.69, 9.17) is 0 Å². The summed E-state index contributed by atoms with van der Waals surface area (Å²) in [5.74, 6) is 1.54. The number of rotatable bonds is 4. The number of aromatic nitrogens is 2. The maximum Gasteiger partial charge on any atom is 0.157 e. The van der Waals surface area contributed by atoms with Gasteiger partial charge in [-0.15, -0.1) is 5.10 Å². The summed E-state index contributed by atoms with van der Waals surface area (Å²) < 4.78 is 0. The van der Waals surface area contributed by atoms with Gasteiger partial charge in [0.1, 0.15) is 0 Å². The number of hydrogen-bond donors (Lipinski definition) is 1. The minimum Gasteiger partial charge on any atom is -0.362 e. The Kier molecular flexibility index (Phi) is 5.90. The van der Waals surface area contributed by atoms with Crippen molar-refractivity contribution in [2.75, 3.05) is 18.9 Å². The molecule has 1 atom stereocenters. The zero-order valence-electron chi connectivity index (χ0n) is 20.9. The highest BCUT2D eigenvalue weighted by atomic mass is 15.2. The van der Waals surface area contributed by atoms with E-state index in [1.807, 2.05) is 0 Å². The number of fused-ring (bicyclic) bond motifs is 1. The number of hydrogen-bond acceptors (Lipinski definition) is 4. The van der Waals surface area contributed by atoms with E-state index >= 15 is 0 Å². The zero-order chi connectivity index (χ0) is 23.2. The molecular weight excluding hydrogens is 404 g/mol. The average Bonchev–Trinajstić information content (AvgIpc) is 3.17. The molecule has 174 valence electrons. The maximum absolute atomic E-state index is 4.61. The van der Waals surface area contributed by atoms with E-state index in [-0.39, 0.29) is 6.04 Å². The molecule has 2 aromatic carbocycles. The molecule has 2 heterocycles. The topological polar surface area (TPSA) is 41.1 Å². The monoisotopic (exact) mass is 442 g/mol. The summed E-state index contributed by atoms with van der Waals surface area (Å²) in [4.78, 5) is 2.64. The van der Waals surface area contributed by atoms with Crippen LogP contribution >= 0.6 is 0 Å². The van der Waals surface area contributed by atoms with Crippen molar-refractivity contribution in [1.29, 1.82) is 0 Å². The van der Waals surface area contributed by atoms with E-state index in [0.717, 1.165) is 11.5 Å². The highest BCUT2D eigenvalue weighted by Gasteiger charge is 2.41. The number of anilines is 1. The lowest BCUT2D eigenvalue weighted by atomic mass is 9.73. The fourth-order valence-corrected chi connectivity index (χ4v) is 6.39. The Hall–Kier alpha value is -2.46. The van der Waals surface area contributed by atoms with E-state index in [1.165, 1.54) is 78.1 Å². The van der Waals surface area contributed by atoms with Crippen molar-refractivity contribution in [3.63, 3.8) is 0 Å². The van der Waals surface area contributed by atoms with Crippen LogP contribution in [-0.4, -0.2) is 34.2 Å². The molecule has 1 saturated heterocycles. The van der Waals surface area contributed by atoms with Gasteiger partial charge in [-0.25, -0.2) is 0 Å². The fraction of sp³-hybridized carbons (Fsp3) is 0.517. The third-order valence-electron chi connectivity index (χ3n) is 8.79. The third kappa shape index (κ3) is 4.03. The first kappa shape index (κ1) is 22.3. The van der Waals surface area contributed by atoms with Crippen LogP contribution in [-0.2, 0) is 0 Å². The molecule has 1 spiro atoms. The van der Waals surface area contributed by atoms with Crippen molar-refractivity contribution in [2.45, 2.75) is 83.7 Å². The lowest BCUT2D eigenvalue weighted by Crippen LogP contribution is -2.43. The van der Waals surface area contributed by atoms with Gasteiger partial charge >= 0.3 is 0 Å². The number of nitrogens with one attached hydrogen (secondary N) is 1. The molecule has 4 nitrogen and oxygen atoms in total. The van der Waals surface area contributed by atoms with Gasteiger partial charge in [0, 0.05) is 16.3 Å². The standard InChI is InChI=1S/C29H38N4/c1-19-8-6-9-25(20(19)2)21(3)30-28-27-18-24(10-11-26(27)22(4)31-32-28)23-12-15-29(16-13-23)14-7-17-33(29)5/h6,8-11,18,21,23H,7,12-17H2,1-5H3,(H,30,32)/t21-,23?,29?/m1/s1. The molecule has 0 amide bonds. The normalized spacial score (nSPS) is 24.5. The Morgan fingerprint density at radius 1 is 1.00 bits per heavy atom. The molecule has 2 fully saturated rings. The highest BCUT2D eigenvalue weighted by Crippen LogP contribution is 2.46. The summed E-state index contributed by atoms with van der Waals surface area (Å²) in [6.45, 7) is 9.94. The van der Waals surface area contributed by atoms with Crippen LogP contribution < -0.4 is 5.32 Å². The van der Waals surface area contributed by atoms with Gasteiger partial charge in [0.25, 0.3) is 0 Å². The molecule has 33 heavy (non-hydrogen) atoms. The predicted molar refractivity (Wildman–Crippen MR) is 138 cm³/mol. The number of likely N-dealkylation sites (tertiary alicyclic amines) is 1. The second-order valence-electron chi connectivity index (χ2n) is 10.6. The smallest absolute Gasteiger partial charge is 0.157 e. The molecular formula is C29H38N4. The third-order valence-corrected chi connectivity index (χ3v) is 8.79. The lowest BCUT2D eigenvalue weighted by molar-refractivity contribution is 0.112. The van der Waals surface area contributed by atoms with Crippen LogP contribution in [0.3, 0.4) is 0 Å². The van der Waals surface area contributed by atoms with Crippen molar-refractivity contribution in [3.05, 3.63) is 64.3 Å². The minimum atomic E-state index is 0.168. The van der Waals surface area contributed by atoms with Gasteiger partial charge in [-0.3, -0.25) is 0 Å². The van der Waals surface area contributed by atoms with Crippen molar-refractivity contribution >= 4 is 16.6 Å². The van der Waals surface area contributed by atoms with Gasteiger partial charge in [-0.1, -0.05) is 30.3 Å². The first-order valence-corrected chi connectivity index (χ1v) is 12.7. The van der Waals surface area contributed by atoms with E-state index < -0.39 is 0 Å². The summed E-state index contributed by atoms with van der Waals surface area (Å²) in [6.07, 6.45) is 7.98. The molecule has 4 heteroatoms. The van der Waals surface area contributed by atoms with Crippen molar-refractivity contribution in [2.24, 2.45) is 0 Å². The molecule has 1 N–H and O–H groups in total. The van der Waals surface area contributed by atoms with Crippen LogP contribution in [0.2, 0.25) is 0 Å². The van der Waals surface area contributed by atoms with E-state index in [2.05, 4.69) is 91.6 Å². The zero-order valence-corrected chi connectivity index (χ0v) is 20.9. The fourth-order valence-electron chi connectivity index (χ4n) is 6.39. The second-order valence-corrected chi connectivity index (χ2v) is 10.6. The summed E-state index contributed by atoms with van der Waals surface area (Å²) in [7, 11) is 2.33. The molecule has 1 aliphatic carbocycles. The predicted octanol–water partition coefficient (Wildman–Crippen LogP) is 6.85. The van der Waals surface area contributed by atoms with Crippen LogP contribution in [0.4, 0.5) is 5.82 Å². The molecule has 1 saturated carbocycles. The lowest BCUT2D eigenvalue weighted by Gasteiger charge is -2.42. The molecule has 5 rings (SSSR count). The minimum absolute atomic E-state index is 0.168. The molecule has 1 aromatic heterocycles. The van der Waals surface area contributed by atoms with E-state index in [1.54, 1.807) is 0 Å². The van der Waals surface area contributed by atoms with Gasteiger partial charge in [0.05, 0.1) is 11.7 Å². The Bertz CT molecular complexity index is 1160. The maximum atomic E-state index is 4.61. The van der Waals surface area contributed by atoms with Crippen LogP contribution in [0.1, 0.15) is 85.4 Å². The van der Waals surface area contributed by atoms with Crippen LogP contribution in [0.25, 0.3) is 10.8 Å². The number of aryl methyl sites for hydroxylation is 2. The van der Waals surface area contributed by atoms with Crippen molar-refractivity contribution in [1.82, 2.24) is 15.1 Å². The second kappa shape index (κ2) is 8.72. The summed E-state index contributed by atoms with van der Waals surface area (Å²) >= 11 is 0. The summed E-state index contributed by atoms with van der Waals surface area (Å²) in [6, 6.07) is 13.7. The Labute approximate surface area is 198 Å². The van der Waals surface area contributed by atoms with Crippen molar-refractivity contribution < 1.29 is 0 Å². The van der Waals surface area contributed by atoms with Gasteiger partial charge in [-0.2, -0.15) is 5.10 Å². The quantitative estimate of drug-likeness (QED) is 0.480. The molecule has 0 radical (unpaired) electrons. The van der Waals surface area contributed by atoms with Gasteiger partial charge in [0.2, 0.25) is 0 Å². The first-order chi connectivity index (χ1) is 15.9. The summed E-state index contributed by atoms with van der Waals surface area (Å²) in [5.41, 5.74) is 6.93. The number of nitrogens with zero attached hydrogens (tertiary/aromatic N) is 3. The van der Waals surface area contributed by atoms with E-state index in [9.17, 15) is 0 Å². The van der Waals surface area contributed by atoms with Gasteiger partial charge < -0.3 is 10.2 Å². The number of benzene rings is 2. The first-order valence-electron chi connectivity index (χ1n) is 12.7.